The number of carbonyl (C=O) groups excluding carboxylic acids is 1. The number of nitrogens with zero attached hydrogens (tertiary/aromatic N) is 5. The lowest BCUT2D eigenvalue weighted by Gasteiger charge is -2.19. The number of hydrogen-bond donors (Lipinski definition) is 0. The molecule has 0 saturated carbocycles. The Kier molecular flexibility index (Phi) is 4.62. The van der Waals surface area contributed by atoms with Gasteiger partial charge in [-0.05, 0) is 18.1 Å². The third-order valence-corrected chi connectivity index (χ3v) is 4.99. The summed E-state index contributed by atoms with van der Waals surface area (Å²) in [5.74, 6) is 1.77. The Morgan fingerprint density at radius 2 is 2.11 bits per heavy atom. The highest BCUT2D eigenvalue weighted by Crippen LogP contribution is 2.36. The summed E-state index contributed by atoms with van der Waals surface area (Å²) in [5.41, 5.74) is 1.85. The van der Waals surface area contributed by atoms with E-state index in [2.05, 4.69) is 26.0 Å². The smallest absolute Gasteiger partial charge is 0.327 e. The van der Waals surface area contributed by atoms with Crippen LogP contribution in [0.5, 0.6) is 5.75 Å². The van der Waals surface area contributed by atoms with Gasteiger partial charge >= 0.3 is 5.97 Å². The van der Waals surface area contributed by atoms with Gasteiger partial charge in [0.1, 0.15) is 24.4 Å². The molecule has 1 atom stereocenters. The molecule has 0 amide bonds. The number of anilines is 1. The van der Waals surface area contributed by atoms with Crippen LogP contribution in [-0.2, 0) is 16.1 Å². The van der Waals surface area contributed by atoms with Crippen molar-refractivity contribution in [2.75, 3.05) is 32.2 Å². The molecule has 27 heavy (non-hydrogen) atoms. The van der Waals surface area contributed by atoms with Gasteiger partial charge in [-0.25, -0.2) is 14.6 Å². The Balaban J connectivity index is 1.61. The van der Waals surface area contributed by atoms with Crippen molar-refractivity contribution in [3.8, 4) is 5.75 Å². The number of hydrogen-bond acceptors (Lipinski definition) is 7. The molecule has 1 fully saturated rings. The molecule has 8 nitrogen and oxygen atoms in total. The van der Waals surface area contributed by atoms with Gasteiger partial charge in [0.15, 0.2) is 5.65 Å². The quantitative estimate of drug-likeness (QED) is 0.638. The lowest BCUT2D eigenvalue weighted by atomic mass is 9.97. The second-order valence-electron chi connectivity index (χ2n) is 6.49. The fraction of sp³-hybridized carbons (Fsp3) is 0.368. The normalized spacial score (nSPS) is 16.7. The molecule has 3 aromatic rings. The van der Waals surface area contributed by atoms with Crippen molar-refractivity contribution < 1.29 is 14.3 Å². The molecule has 0 radical (unpaired) electrons. The predicted octanol–water partition coefficient (Wildman–Crippen LogP) is 2.00. The zero-order valence-corrected chi connectivity index (χ0v) is 15.3. The van der Waals surface area contributed by atoms with Crippen molar-refractivity contribution in [2.24, 2.45) is 0 Å². The lowest BCUT2D eigenvalue weighted by molar-refractivity contribution is -0.141. The molecule has 0 aliphatic carbocycles. The summed E-state index contributed by atoms with van der Waals surface area (Å²) < 4.78 is 11.8. The van der Waals surface area contributed by atoms with E-state index >= 15 is 0 Å². The number of fused-ring (bicyclic) bond motifs is 1. The largest absolute Gasteiger partial charge is 0.496 e. The van der Waals surface area contributed by atoms with Crippen LogP contribution in [0.15, 0.2) is 36.8 Å². The van der Waals surface area contributed by atoms with Crippen molar-refractivity contribution in [3.05, 3.63) is 42.4 Å². The fourth-order valence-corrected chi connectivity index (χ4v) is 3.65. The molecule has 1 aromatic carbocycles. The van der Waals surface area contributed by atoms with Crippen LogP contribution in [0.2, 0.25) is 0 Å². The van der Waals surface area contributed by atoms with Gasteiger partial charge in [-0.15, -0.1) is 0 Å². The topological polar surface area (TPSA) is 82.4 Å². The van der Waals surface area contributed by atoms with Crippen LogP contribution in [0.25, 0.3) is 11.0 Å². The Morgan fingerprint density at radius 1 is 1.26 bits per heavy atom. The van der Waals surface area contributed by atoms with E-state index in [1.54, 1.807) is 18.0 Å². The van der Waals surface area contributed by atoms with Crippen LogP contribution in [-0.4, -0.2) is 53.0 Å². The first-order valence-corrected chi connectivity index (χ1v) is 8.82. The summed E-state index contributed by atoms with van der Waals surface area (Å²) in [7, 11) is 3.06. The standard InChI is InChI=1S/C19H21N5O3/c1-26-16-6-4-3-5-14(16)13-7-8-23(10-13)18-15-9-22-24(11-17(25)27-2)19(15)21-12-20-18/h3-6,9,12-13H,7-8,10-11H2,1-2H3. The molecule has 1 aliphatic heterocycles. The Labute approximate surface area is 156 Å². The van der Waals surface area contributed by atoms with Gasteiger partial charge in [-0.3, -0.25) is 4.79 Å². The van der Waals surface area contributed by atoms with E-state index in [1.165, 1.54) is 19.0 Å². The highest BCUT2D eigenvalue weighted by molar-refractivity contribution is 5.87. The Bertz CT molecular complexity index is 971. The van der Waals surface area contributed by atoms with Gasteiger partial charge in [0.25, 0.3) is 0 Å². The van der Waals surface area contributed by atoms with Crippen molar-refractivity contribution in [1.82, 2.24) is 19.7 Å². The van der Waals surface area contributed by atoms with Gasteiger partial charge in [0.2, 0.25) is 0 Å². The third kappa shape index (κ3) is 3.18. The zero-order chi connectivity index (χ0) is 18.8. The number of carbonyl (C=O) groups is 1. The molecule has 3 heterocycles. The first kappa shape index (κ1) is 17.3. The molecule has 1 aliphatic rings. The number of para-hydroxylation sites is 1. The second-order valence-corrected chi connectivity index (χ2v) is 6.49. The predicted molar refractivity (Wildman–Crippen MR) is 99.9 cm³/mol. The van der Waals surface area contributed by atoms with Crippen LogP contribution in [0, 0.1) is 0 Å². The number of benzene rings is 1. The molecule has 0 N–H and O–H groups in total. The summed E-state index contributed by atoms with van der Waals surface area (Å²) in [4.78, 5) is 22.6. The van der Waals surface area contributed by atoms with Gasteiger partial charge in [0, 0.05) is 19.0 Å². The Morgan fingerprint density at radius 3 is 2.93 bits per heavy atom. The maximum atomic E-state index is 11.6. The Hall–Kier alpha value is -3.16. The number of esters is 1. The molecule has 0 spiro atoms. The highest BCUT2D eigenvalue weighted by atomic mass is 16.5. The molecular weight excluding hydrogens is 346 g/mol. The summed E-state index contributed by atoms with van der Waals surface area (Å²) in [6.07, 6.45) is 4.25. The molecule has 0 bridgehead atoms. The van der Waals surface area contributed by atoms with Gasteiger partial charge in [-0.1, -0.05) is 18.2 Å². The van der Waals surface area contributed by atoms with Gasteiger partial charge < -0.3 is 14.4 Å². The van der Waals surface area contributed by atoms with Gasteiger partial charge in [-0.2, -0.15) is 5.10 Å². The molecule has 140 valence electrons. The van der Waals surface area contributed by atoms with E-state index in [0.29, 0.717) is 11.6 Å². The summed E-state index contributed by atoms with van der Waals surface area (Å²) in [6, 6.07) is 8.15. The minimum atomic E-state index is -0.363. The average Bonchev–Trinajstić information content (AvgIpc) is 3.35. The minimum absolute atomic E-state index is 0.0281. The molecule has 8 heteroatoms. The van der Waals surface area contributed by atoms with Crippen LogP contribution < -0.4 is 9.64 Å². The zero-order valence-electron chi connectivity index (χ0n) is 15.3. The van der Waals surface area contributed by atoms with Crippen molar-refractivity contribution in [2.45, 2.75) is 18.9 Å². The maximum absolute atomic E-state index is 11.6. The summed E-state index contributed by atoms with van der Waals surface area (Å²) in [5, 5.41) is 5.12. The van der Waals surface area contributed by atoms with E-state index < -0.39 is 0 Å². The maximum Gasteiger partial charge on any atom is 0.327 e. The second kappa shape index (κ2) is 7.22. The summed E-state index contributed by atoms with van der Waals surface area (Å²) >= 11 is 0. The van der Waals surface area contributed by atoms with Gasteiger partial charge in [0.05, 0.1) is 25.8 Å². The highest BCUT2D eigenvalue weighted by Gasteiger charge is 2.28. The van der Waals surface area contributed by atoms with E-state index in [1.807, 2.05) is 18.2 Å². The van der Waals surface area contributed by atoms with E-state index in [0.717, 1.165) is 36.5 Å². The number of methoxy groups -OCH3 is 2. The molecule has 1 saturated heterocycles. The minimum Gasteiger partial charge on any atom is -0.496 e. The number of rotatable bonds is 5. The number of aromatic nitrogens is 4. The average molecular weight is 367 g/mol. The lowest BCUT2D eigenvalue weighted by Crippen LogP contribution is -2.21. The van der Waals surface area contributed by atoms with Crippen LogP contribution >= 0.6 is 0 Å². The van der Waals surface area contributed by atoms with E-state index in [4.69, 9.17) is 9.47 Å². The van der Waals surface area contributed by atoms with Crippen molar-refractivity contribution >= 4 is 22.8 Å². The molecular formula is C19H21N5O3. The first-order chi connectivity index (χ1) is 13.2. The monoisotopic (exact) mass is 367 g/mol. The van der Waals surface area contributed by atoms with E-state index in [-0.39, 0.29) is 12.5 Å². The molecule has 4 rings (SSSR count). The van der Waals surface area contributed by atoms with Crippen molar-refractivity contribution in [3.63, 3.8) is 0 Å². The van der Waals surface area contributed by atoms with Crippen LogP contribution in [0.4, 0.5) is 5.82 Å². The number of ether oxygens (including phenoxy) is 2. The fourth-order valence-electron chi connectivity index (χ4n) is 3.65. The molecule has 1 unspecified atom stereocenters. The third-order valence-electron chi connectivity index (χ3n) is 4.99. The van der Waals surface area contributed by atoms with E-state index in [9.17, 15) is 4.79 Å². The van der Waals surface area contributed by atoms with Crippen molar-refractivity contribution in [1.29, 1.82) is 0 Å². The van der Waals surface area contributed by atoms with Crippen LogP contribution in [0.3, 0.4) is 0 Å². The first-order valence-electron chi connectivity index (χ1n) is 8.82. The SMILES string of the molecule is COC(=O)Cn1ncc2c(N3CCC(c4ccccc4OC)C3)ncnc21. The molecule has 2 aromatic heterocycles. The summed E-state index contributed by atoms with van der Waals surface area (Å²) in [6.45, 7) is 1.76. The van der Waals surface area contributed by atoms with Crippen LogP contribution in [0.1, 0.15) is 17.9 Å².